The van der Waals surface area contributed by atoms with Crippen LogP contribution >= 0.6 is 0 Å². The molecule has 152 valence electrons. The summed E-state index contributed by atoms with van der Waals surface area (Å²) in [5, 5.41) is 10.8. The average Bonchev–Trinajstić information content (AvgIpc) is 3.17. The molecule has 0 spiro atoms. The molecule has 0 aliphatic carbocycles. The van der Waals surface area contributed by atoms with Gasteiger partial charge in [-0.05, 0) is 34.9 Å². The zero-order valence-electron chi connectivity index (χ0n) is 15.9. The van der Waals surface area contributed by atoms with Gasteiger partial charge in [0.15, 0.2) is 0 Å². The second kappa shape index (κ2) is 8.52. The highest BCUT2D eigenvalue weighted by molar-refractivity contribution is 7.80. The van der Waals surface area contributed by atoms with E-state index in [0.717, 1.165) is 31.9 Å². The van der Waals surface area contributed by atoms with E-state index in [-0.39, 0.29) is 6.42 Å². The highest BCUT2D eigenvalue weighted by atomic mass is 32.2. The summed E-state index contributed by atoms with van der Waals surface area (Å²) in [4.78, 5) is 15.2. The Morgan fingerprint density at radius 2 is 1.57 bits per heavy atom. The highest BCUT2D eigenvalue weighted by Gasteiger charge is 2.31. The minimum atomic E-state index is -2.51. The Balaban J connectivity index is 1.67. The summed E-state index contributed by atoms with van der Waals surface area (Å²) >= 11 is -2.51. The molecule has 0 aliphatic heterocycles. The van der Waals surface area contributed by atoms with Gasteiger partial charge in [0.1, 0.15) is 6.04 Å². The number of aromatic nitrogens is 1. The Morgan fingerprint density at radius 3 is 2.23 bits per heavy atom. The fourth-order valence-corrected chi connectivity index (χ4v) is 4.27. The maximum absolute atomic E-state index is 12.2. The van der Waals surface area contributed by atoms with Crippen LogP contribution in [-0.4, -0.2) is 30.9 Å². The molecule has 30 heavy (non-hydrogen) atoms. The van der Waals surface area contributed by atoms with Crippen molar-refractivity contribution in [2.24, 2.45) is 0 Å². The number of hydrogen-bond donors (Lipinski definition) is 3. The minimum absolute atomic E-state index is 0.0755. The third kappa shape index (κ3) is 3.98. The van der Waals surface area contributed by atoms with E-state index in [1.54, 1.807) is 18.3 Å². The number of para-hydroxylation sites is 1. The number of carbonyl (C=O) groups is 1. The van der Waals surface area contributed by atoms with Gasteiger partial charge in [-0.15, -0.1) is 0 Å². The molecular formula is C23H20N2O4S. The molecular weight excluding hydrogens is 400 g/mol. The molecule has 3 aromatic carbocycles. The molecule has 3 N–H and O–H groups in total. The topological polar surface area (TPSA) is 93.6 Å². The molecule has 0 saturated heterocycles. The zero-order valence-corrected chi connectivity index (χ0v) is 16.8. The molecule has 0 radical (unpaired) electrons. The molecule has 1 aromatic heterocycles. The normalized spacial score (nSPS) is 13.1. The maximum Gasteiger partial charge on any atom is 0.327 e. The smallest absolute Gasteiger partial charge is 0.327 e. The van der Waals surface area contributed by atoms with E-state index in [1.165, 1.54) is 0 Å². The molecule has 2 unspecified atom stereocenters. The van der Waals surface area contributed by atoms with Gasteiger partial charge in [-0.2, -0.15) is 0 Å². The molecule has 2 atom stereocenters. The molecule has 4 aromatic rings. The third-order valence-electron chi connectivity index (χ3n) is 5.05. The lowest BCUT2D eigenvalue weighted by Crippen LogP contribution is -2.43. The largest absolute Gasteiger partial charge is 0.480 e. The second-order valence-electron chi connectivity index (χ2n) is 6.89. The monoisotopic (exact) mass is 420 g/mol. The first-order valence-electron chi connectivity index (χ1n) is 9.38. The van der Waals surface area contributed by atoms with Crippen LogP contribution in [0.25, 0.3) is 22.0 Å². The van der Waals surface area contributed by atoms with Crippen LogP contribution in [0.5, 0.6) is 0 Å². The summed E-state index contributed by atoms with van der Waals surface area (Å²) in [6.07, 6.45) is 1.82. The number of anilines is 1. The summed E-state index contributed by atoms with van der Waals surface area (Å²) in [5.41, 5.74) is 3.97. The van der Waals surface area contributed by atoms with Crippen molar-refractivity contribution in [1.29, 1.82) is 0 Å². The maximum atomic E-state index is 12.2. The third-order valence-corrected chi connectivity index (χ3v) is 5.86. The van der Waals surface area contributed by atoms with E-state index in [9.17, 15) is 18.7 Å². The second-order valence-corrected chi connectivity index (χ2v) is 7.74. The van der Waals surface area contributed by atoms with Crippen molar-refractivity contribution in [3.63, 3.8) is 0 Å². The van der Waals surface area contributed by atoms with E-state index in [1.807, 2.05) is 66.7 Å². The number of fused-ring (bicyclic) bond motifs is 1. The summed E-state index contributed by atoms with van der Waals surface area (Å²) in [6, 6.07) is 23.0. The lowest BCUT2D eigenvalue weighted by Gasteiger charge is -2.27. The summed E-state index contributed by atoms with van der Waals surface area (Å²) in [5.74, 6) is -1.17. The first-order valence-corrected chi connectivity index (χ1v) is 10.4. The Bertz CT molecular complexity index is 1190. The fraction of sp³-hybridized carbons (Fsp3) is 0.0870. The van der Waals surface area contributed by atoms with Crippen LogP contribution < -0.4 is 4.31 Å². The van der Waals surface area contributed by atoms with Crippen molar-refractivity contribution in [2.75, 3.05) is 4.31 Å². The van der Waals surface area contributed by atoms with Crippen LogP contribution in [0.1, 0.15) is 5.56 Å². The molecule has 0 bridgehead atoms. The van der Waals surface area contributed by atoms with Gasteiger partial charge >= 0.3 is 5.97 Å². The molecule has 7 heteroatoms. The SMILES string of the molecule is O=C(O)C(Cc1c[nH]c2ccccc12)N(c1ccc(-c2ccccc2)cc1)S(=O)O. The number of H-pyrrole nitrogens is 1. The van der Waals surface area contributed by atoms with E-state index < -0.39 is 23.3 Å². The number of aromatic amines is 1. The van der Waals surface area contributed by atoms with E-state index in [4.69, 9.17) is 0 Å². The van der Waals surface area contributed by atoms with Gasteiger partial charge in [0.2, 0.25) is 0 Å². The van der Waals surface area contributed by atoms with Crippen LogP contribution in [0.4, 0.5) is 5.69 Å². The Kier molecular flexibility index (Phi) is 5.65. The van der Waals surface area contributed by atoms with Gasteiger partial charge < -0.3 is 10.1 Å². The van der Waals surface area contributed by atoms with Crippen molar-refractivity contribution in [2.45, 2.75) is 12.5 Å². The Hall–Kier alpha value is -3.42. The van der Waals surface area contributed by atoms with Crippen LogP contribution in [0.2, 0.25) is 0 Å². The fourth-order valence-electron chi connectivity index (χ4n) is 3.59. The lowest BCUT2D eigenvalue weighted by molar-refractivity contribution is -0.138. The number of nitrogens with one attached hydrogen (secondary N) is 1. The molecule has 6 nitrogen and oxygen atoms in total. The lowest BCUT2D eigenvalue weighted by atomic mass is 10.0. The van der Waals surface area contributed by atoms with Gasteiger partial charge in [0.05, 0.1) is 5.69 Å². The summed E-state index contributed by atoms with van der Waals surface area (Å²) in [6.45, 7) is 0. The summed E-state index contributed by atoms with van der Waals surface area (Å²) < 4.78 is 23.1. The molecule has 1 heterocycles. The Labute approximate surface area is 176 Å². The summed E-state index contributed by atoms with van der Waals surface area (Å²) in [7, 11) is 0. The minimum Gasteiger partial charge on any atom is -0.480 e. The van der Waals surface area contributed by atoms with E-state index in [0.29, 0.717) is 5.69 Å². The number of aliphatic carboxylic acids is 1. The van der Waals surface area contributed by atoms with E-state index >= 15 is 0 Å². The first-order chi connectivity index (χ1) is 14.5. The van der Waals surface area contributed by atoms with Crippen molar-refractivity contribution in [3.8, 4) is 11.1 Å². The van der Waals surface area contributed by atoms with Gasteiger partial charge in [0.25, 0.3) is 11.3 Å². The van der Waals surface area contributed by atoms with Crippen LogP contribution in [0, 0.1) is 0 Å². The van der Waals surface area contributed by atoms with Crippen molar-refractivity contribution in [3.05, 3.63) is 90.6 Å². The van der Waals surface area contributed by atoms with Crippen molar-refractivity contribution in [1.82, 2.24) is 4.98 Å². The van der Waals surface area contributed by atoms with Gasteiger partial charge in [-0.25, -0.2) is 9.00 Å². The van der Waals surface area contributed by atoms with E-state index in [2.05, 4.69) is 4.98 Å². The predicted molar refractivity (Wildman–Crippen MR) is 119 cm³/mol. The number of rotatable bonds is 7. The number of carboxylic acids is 1. The van der Waals surface area contributed by atoms with Gasteiger partial charge in [0, 0.05) is 23.5 Å². The predicted octanol–water partition coefficient (Wildman–Crippen LogP) is 4.47. The molecule has 4 rings (SSSR count). The quantitative estimate of drug-likeness (QED) is 0.385. The number of hydrogen-bond acceptors (Lipinski definition) is 2. The molecule has 0 saturated carbocycles. The zero-order chi connectivity index (χ0) is 21.1. The van der Waals surface area contributed by atoms with Gasteiger partial charge in [-0.1, -0.05) is 60.7 Å². The van der Waals surface area contributed by atoms with Gasteiger partial charge in [-0.3, -0.25) is 8.86 Å². The number of carboxylic acid groups (broad SMARTS) is 1. The van der Waals surface area contributed by atoms with Crippen LogP contribution in [0.15, 0.2) is 85.1 Å². The molecule has 0 fully saturated rings. The Morgan fingerprint density at radius 1 is 0.933 bits per heavy atom. The number of nitrogens with zero attached hydrogens (tertiary/aromatic N) is 1. The molecule has 0 amide bonds. The van der Waals surface area contributed by atoms with Crippen LogP contribution in [-0.2, 0) is 22.5 Å². The average molecular weight is 420 g/mol. The van der Waals surface area contributed by atoms with Crippen LogP contribution in [0.3, 0.4) is 0 Å². The standard InChI is InChI=1S/C23H20N2O4S/c26-23(27)22(14-18-15-24-21-9-5-4-8-20(18)21)25(30(28)29)19-12-10-17(11-13-19)16-6-2-1-3-7-16/h1-13,15,22,24H,14H2,(H,26,27)(H,28,29). The van der Waals surface area contributed by atoms with Crippen molar-refractivity contribution < 1.29 is 18.7 Å². The number of benzene rings is 3. The van der Waals surface area contributed by atoms with Crippen molar-refractivity contribution >= 4 is 33.8 Å². The highest BCUT2D eigenvalue weighted by Crippen LogP contribution is 2.27. The first kappa shape index (κ1) is 19.9. The molecule has 0 aliphatic rings.